The molecule has 1 aromatic heterocycles. The first kappa shape index (κ1) is 18.9. The standard InChI is InChI=1S/C20H19ClFN3O2/c21-18-11-16(22)9-10-19(18)27-14-25-13-17(12-23-25)24-20(26)8-4-7-15-5-2-1-3-6-15/h1-3,5-6,9-13H,4,7-8,14H2,(H,24,26). The van der Waals surface area contributed by atoms with Crippen LogP contribution >= 0.6 is 11.6 Å². The zero-order valence-corrected chi connectivity index (χ0v) is 15.3. The van der Waals surface area contributed by atoms with Crippen LogP contribution in [0.5, 0.6) is 5.75 Å². The van der Waals surface area contributed by atoms with Crippen LogP contribution < -0.4 is 10.1 Å². The average Bonchev–Trinajstić information content (AvgIpc) is 3.09. The second-order valence-corrected chi connectivity index (χ2v) is 6.41. The fourth-order valence-corrected chi connectivity index (χ4v) is 2.77. The molecule has 0 aliphatic carbocycles. The second kappa shape index (κ2) is 9.19. The maximum absolute atomic E-state index is 13.0. The number of nitrogens with zero attached hydrogens (tertiary/aromatic N) is 2. The third-order valence-electron chi connectivity index (χ3n) is 3.88. The summed E-state index contributed by atoms with van der Waals surface area (Å²) in [6.45, 7) is 0.0925. The summed E-state index contributed by atoms with van der Waals surface area (Å²) in [5.41, 5.74) is 1.81. The summed E-state index contributed by atoms with van der Waals surface area (Å²) in [6.07, 6.45) is 5.27. The van der Waals surface area contributed by atoms with Gasteiger partial charge in [0.25, 0.3) is 0 Å². The molecule has 5 nitrogen and oxygen atoms in total. The molecule has 2 aromatic carbocycles. The second-order valence-electron chi connectivity index (χ2n) is 6.00. The first-order valence-corrected chi connectivity index (χ1v) is 8.92. The van der Waals surface area contributed by atoms with Crippen molar-refractivity contribution in [2.75, 3.05) is 5.32 Å². The van der Waals surface area contributed by atoms with Gasteiger partial charge in [0.05, 0.1) is 23.1 Å². The van der Waals surface area contributed by atoms with Crippen molar-refractivity contribution in [1.29, 1.82) is 0 Å². The van der Waals surface area contributed by atoms with Crippen LogP contribution in [0, 0.1) is 5.82 Å². The number of aryl methyl sites for hydroxylation is 1. The van der Waals surface area contributed by atoms with Gasteiger partial charge in [-0.2, -0.15) is 5.10 Å². The van der Waals surface area contributed by atoms with E-state index in [9.17, 15) is 9.18 Å². The number of nitrogens with one attached hydrogen (secondary N) is 1. The van der Waals surface area contributed by atoms with Crippen molar-refractivity contribution < 1.29 is 13.9 Å². The van der Waals surface area contributed by atoms with E-state index in [2.05, 4.69) is 22.5 Å². The van der Waals surface area contributed by atoms with Gasteiger partial charge in [0.15, 0.2) is 6.73 Å². The SMILES string of the molecule is O=C(CCCc1ccccc1)Nc1cnn(COc2ccc(F)cc2Cl)c1. The van der Waals surface area contributed by atoms with Crippen LogP contribution in [0.3, 0.4) is 0 Å². The van der Waals surface area contributed by atoms with E-state index >= 15 is 0 Å². The molecule has 140 valence electrons. The topological polar surface area (TPSA) is 56.2 Å². The van der Waals surface area contributed by atoms with E-state index < -0.39 is 5.82 Å². The Morgan fingerprint density at radius 1 is 1.22 bits per heavy atom. The van der Waals surface area contributed by atoms with Gasteiger partial charge in [-0.15, -0.1) is 0 Å². The van der Waals surface area contributed by atoms with Crippen molar-refractivity contribution >= 4 is 23.2 Å². The Morgan fingerprint density at radius 2 is 2.04 bits per heavy atom. The van der Waals surface area contributed by atoms with Crippen LogP contribution in [-0.4, -0.2) is 15.7 Å². The molecule has 3 aromatic rings. The molecule has 27 heavy (non-hydrogen) atoms. The number of ether oxygens (including phenoxy) is 1. The van der Waals surface area contributed by atoms with Gasteiger partial charge in [0.1, 0.15) is 11.6 Å². The van der Waals surface area contributed by atoms with E-state index in [-0.39, 0.29) is 17.7 Å². The largest absolute Gasteiger partial charge is 0.470 e. The quantitative estimate of drug-likeness (QED) is 0.611. The minimum atomic E-state index is -0.427. The van der Waals surface area contributed by atoms with Crippen LogP contribution in [0.2, 0.25) is 5.02 Å². The average molecular weight is 388 g/mol. The number of halogens is 2. The number of benzene rings is 2. The van der Waals surface area contributed by atoms with E-state index in [0.717, 1.165) is 12.8 Å². The molecule has 1 heterocycles. The molecule has 0 aliphatic heterocycles. The maximum atomic E-state index is 13.0. The molecular weight excluding hydrogens is 369 g/mol. The predicted molar refractivity (Wildman–Crippen MR) is 102 cm³/mol. The van der Waals surface area contributed by atoms with Gasteiger partial charge in [-0.05, 0) is 36.6 Å². The number of amides is 1. The molecule has 1 amide bonds. The molecule has 0 fully saturated rings. The zero-order chi connectivity index (χ0) is 19.1. The molecule has 7 heteroatoms. The van der Waals surface area contributed by atoms with Crippen molar-refractivity contribution in [2.45, 2.75) is 26.0 Å². The summed E-state index contributed by atoms with van der Waals surface area (Å²) in [5, 5.41) is 7.12. The Kier molecular flexibility index (Phi) is 6.44. The summed E-state index contributed by atoms with van der Waals surface area (Å²) in [7, 11) is 0. The van der Waals surface area contributed by atoms with E-state index in [1.165, 1.54) is 28.4 Å². The first-order chi connectivity index (χ1) is 13.1. The predicted octanol–water partition coefficient (Wildman–Crippen LogP) is 4.67. The van der Waals surface area contributed by atoms with Gasteiger partial charge in [-0.25, -0.2) is 9.07 Å². The van der Waals surface area contributed by atoms with Crippen LogP contribution in [0.1, 0.15) is 18.4 Å². The van der Waals surface area contributed by atoms with E-state index in [1.54, 1.807) is 12.4 Å². The lowest BCUT2D eigenvalue weighted by atomic mass is 10.1. The van der Waals surface area contributed by atoms with E-state index in [0.29, 0.717) is 17.9 Å². The monoisotopic (exact) mass is 387 g/mol. The van der Waals surface area contributed by atoms with Crippen LogP contribution in [0.15, 0.2) is 60.9 Å². The Labute approximate surface area is 161 Å². The normalized spacial score (nSPS) is 10.6. The molecule has 0 bridgehead atoms. The minimum absolute atomic E-state index is 0.0621. The zero-order valence-electron chi connectivity index (χ0n) is 14.6. The molecule has 0 aliphatic rings. The highest BCUT2D eigenvalue weighted by atomic mass is 35.5. The molecule has 0 saturated heterocycles. The van der Waals surface area contributed by atoms with Gasteiger partial charge in [-0.1, -0.05) is 41.9 Å². The maximum Gasteiger partial charge on any atom is 0.224 e. The lowest BCUT2D eigenvalue weighted by molar-refractivity contribution is -0.116. The number of rotatable bonds is 8. The first-order valence-electron chi connectivity index (χ1n) is 8.54. The van der Waals surface area contributed by atoms with E-state index in [1.807, 2.05) is 18.2 Å². The van der Waals surface area contributed by atoms with Gasteiger partial charge >= 0.3 is 0 Å². The summed E-state index contributed by atoms with van der Waals surface area (Å²) < 4.78 is 20.0. The third kappa shape index (κ3) is 5.82. The van der Waals surface area contributed by atoms with Crippen molar-refractivity contribution in [2.24, 2.45) is 0 Å². The number of hydrogen-bond donors (Lipinski definition) is 1. The molecule has 0 saturated carbocycles. The van der Waals surface area contributed by atoms with Crippen LogP contribution in [-0.2, 0) is 17.9 Å². The Morgan fingerprint density at radius 3 is 2.81 bits per heavy atom. The number of aromatic nitrogens is 2. The van der Waals surface area contributed by atoms with Crippen molar-refractivity contribution in [3.05, 3.63) is 77.3 Å². The highest BCUT2D eigenvalue weighted by Crippen LogP contribution is 2.25. The van der Waals surface area contributed by atoms with Crippen molar-refractivity contribution in [1.82, 2.24) is 9.78 Å². The van der Waals surface area contributed by atoms with Gasteiger partial charge in [0, 0.05) is 6.42 Å². The van der Waals surface area contributed by atoms with Gasteiger partial charge < -0.3 is 10.1 Å². The lowest BCUT2D eigenvalue weighted by Gasteiger charge is -2.07. The summed E-state index contributed by atoms with van der Waals surface area (Å²) in [4.78, 5) is 12.0. The summed E-state index contributed by atoms with van der Waals surface area (Å²) in [6, 6.07) is 14.0. The number of carbonyl (C=O) groups excluding carboxylic acids is 1. The van der Waals surface area contributed by atoms with Gasteiger partial charge in [-0.3, -0.25) is 4.79 Å². The summed E-state index contributed by atoms with van der Waals surface area (Å²) >= 11 is 5.91. The molecular formula is C20H19ClFN3O2. The van der Waals surface area contributed by atoms with Gasteiger partial charge in [0.2, 0.25) is 5.91 Å². The molecule has 0 radical (unpaired) electrons. The van der Waals surface area contributed by atoms with E-state index in [4.69, 9.17) is 16.3 Å². The number of carbonyl (C=O) groups is 1. The minimum Gasteiger partial charge on any atom is -0.470 e. The van der Waals surface area contributed by atoms with Crippen molar-refractivity contribution in [3.63, 3.8) is 0 Å². The highest BCUT2D eigenvalue weighted by Gasteiger charge is 2.07. The summed E-state index contributed by atoms with van der Waals surface area (Å²) in [5.74, 6) is -0.128. The fourth-order valence-electron chi connectivity index (χ4n) is 2.55. The van der Waals surface area contributed by atoms with Crippen LogP contribution in [0.25, 0.3) is 0 Å². The number of hydrogen-bond acceptors (Lipinski definition) is 3. The smallest absolute Gasteiger partial charge is 0.224 e. The number of anilines is 1. The molecule has 0 atom stereocenters. The van der Waals surface area contributed by atoms with Crippen molar-refractivity contribution in [3.8, 4) is 5.75 Å². The molecule has 3 rings (SSSR count). The highest BCUT2D eigenvalue weighted by molar-refractivity contribution is 6.32. The lowest BCUT2D eigenvalue weighted by Crippen LogP contribution is -2.11. The Hall–Kier alpha value is -2.86. The molecule has 1 N–H and O–H groups in total. The third-order valence-corrected chi connectivity index (χ3v) is 4.17. The molecule has 0 unspecified atom stereocenters. The Bertz CT molecular complexity index is 899. The fraction of sp³-hybridized carbons (Fsp3) is 0.200. The van der Waals surface area contributed by atoms with Crippen LogP contribution in [0.4, 0.5) is 10.1 Å². The molecule has 0 spiro atoms. The Balaban J connectivity index is 1.43.